The molecule has 3 aliphatic heterocycles. The maximum Gasteiger partial charge on any atom is 0.352 e. The zero-order chi connectivity index (χ0) is 12.9. The molecule has 92 valence electrons. The van der Waals surface area contributed by atoms with Gasteiger partial charge in [0, 0.05) is 12.6 Å². The molecular formula is C12H11N3O3. The van der Waals surface area contributed by atoms with Gasteiger partial charge in [0.2, 0.25) is 5.91 Å². The average Bonchev–Trinajstić information content (AvgIpc) is 2.74. The summed E-state index contributed by atoms with van der Waals surface area (Å²) < 4.78 is 0. The van der Waals surface area contributed by atoms with Crippen molar-refractivity contribution < 1.29 is 14.7 Å². The molecule has 0 aromatic heterocycles. The number of nitrogens with one attached hydrogen (secondary N) is 1. The van der Waals surface area contributed by atoms with Crippen molar-refractivity contribution in [2.75, 3.05) is 6.54 Å². The van der Waals surface area contributed by atoms with E-state index >= 15 is 0 Å². The minimum Gasteiger partial charge on any atom is -0.477 e. The number of amides is 1. The quantitative estimate of drug-likeness (QED) is 0.510. The summed E-state index contributed by atoms with van der Waals surface area (Å²) in [7, 11) is 0. The van der Waals surface area contributed by atoms with Crippen LogP contribution < -0.4 is 5.32 Å². The highest BCUT2D eigenvalue weighted by Crippen LogP contribution is 2.43. The first-order chi connectivity index (χ1) is 8.65. The number of carbonyl (C=O) groups is 2. The topological polar surface area (TPSA) is 93.4 Å². The molecule has 18 heavy (non-hydrogen) atoms. The number of hydrogen-bond donors (Lipinski definition) is 2. The van der Waals surface area contributed by atoms with Gasteiger partial charge in [0.15, 0.2) is 0 Å². The summed E-state index contributed by atoms with van der Waals surface area (Å²) in [5.41, 5.74) is 0.591. The van der Waals surface area contributed by atoms with Crippen LogP contribution in [-0.4, -0.2) is 40.5 Å². The molecule has 3 aliphatic rings. The van der Waals surface area contributed by atoms with Gasteiger partial charge in [-0.05, 0) is 24.0 Å². The van der Waals surface area contributed by atoms with Gasteiger partial charge in [-0.2, -0.15) is 5.26 Å². The molecule has 3 atom stereocenters. The van der Waals surface area contributed by atoms with Gasteiger partial charge in [-0.15, -0.1) is 0 Å². The number of allylic oxidation sites excluding steroid dienone is 3. The predicted molar refractivity (Wildman–Crippen MR) is 59.9 cm³/mol. The molecule has 3 rings (SSSR count). The first kappa shape index (κ1) is 11.0. The first-order valence-electron chi connectivity index (χ1n) is 5.74. The second-order valence-corrected chi connectivity index (χ2v) is 4.69. The van der Waals surface area contributed by atoms with E-state index in [0.717, 1.165) is 0 Å². The van der Waals surface area contributed by atoms with Crippen molar-refractivity contribution >= 4 is 11.9 Å². The molecule has 1 amide bonds. The third-order valence-electron chi connectivity index (χ3n) is 3.81. The number of carboxylic acid groups (broad SMARTS) is 1. The second-order valence-electron chi connectivity index (χ2n) is 4.69. The van der Waals surface area contributed by atoms with Crippen LogP contribution >= 0.6 is 0 Å². The molecule has 0 bridgehead atoms. The Labute approximate surface area is 103 Å². The van der Waals surface area contributed by atoms with E-state index in [1.165, 1.54) is 17.1 Å². The fraction of sp³-hybridized carbons (Fsp3) is 0.417. The lowest BCUT2D eigenvalue weighted by Crippen LogP contribution is -2.68. The summed E-state index contributed by atoms with van der Waals surface area (Å²) in [4.78, 5) is 24.5. The fourth-order valence-electron chi connectivity index (χ4n) is 3.11. The third kappa shape index (κ3) is 1.25. The van der Waals surface area contributed by atoms with Gasteiger partial charge in [0.05, 0.1) is 12.1 Å². The van der Waals surface area contributed by atoms with Crippen LogP contribution in [0.15, 0.2) is 23.4 Å². The summed E-state index contributed by atoms with van der Waals surface area (Å²) >= 11 is 0. The lowest BCUT2D eigenvalue weighted by atomic mass is 9.79. The Morgan fingerprint density at radius 1 is 1.61 bits per heavy atom. The van der Waals surface area contributed by atoms with Crippen LogP contribution in [0.2, 0.25) is 0 Å². The molecule has 0 saturated carbocycles. The van der Waals surface area contributed by atoms with Gasteiger partial charge in [-0.25, -0.2) is 4.79 Å². The Morgan fingerprint density at radius 2 is 2.39 bits per heavy atom. The molecule has 2 saturated heterocycles. The largest absolute Gasteiger partial charge is 0.477 e. The lowest BCUT2D eigenvalue weighted by Gasteiger charge is -2.48. The van der Waals surface area contributed by atoms with Gasteiger partial charge in [0.1, 0.15) is 11.7 Å². The van der Waals surface area contributed by atoms with Crippen LogP contribution in [0.3, 0.4) is 0 Å². The molecule has 0 aromatic carbocycles. The maximum atomic E-state index is 11.9. The first-order valence-corrected chi connectivity index (χ1v) is 5.74. The number of carboxylic acids is 1. The SMILES string of the molecule is N#C/C=C\C1=C(C(=O)O)N2C(=O)[C@H]3NC[C@@H](C1)[C@H]32. The Bertz CT molecular complexity index is 543. The molecule has 2 fully saturated rings. The van der Waals surface area contributed by atoms with Crippen molar-refractivity contribution in [2.45, 2.75) is 18.5 Å². The minimum atomic E-state index is -1.11. The predicted octanol–water partition coefficient (Wildman–Crippen LogP) is -0.393. The molecule has 0 unspecified atom stereocenters. The standard InChI is InChI=1S/C12H11N3O3/c13-3-1-2-6-4-7-5-14-8-9(7)15(11(8)16)10(6)12(17)18/h1-2,7-9,14H,4-5H2,(H,17,18)/b2-1-/t7-,8+,9-/m1/s1. The smallest absolute Gasteiger partial charge is 0.352 e. The van der Waals surface area contributed by atoms with Crippen molar-refractivity contribution in [1.29, 1.82) is 5.26 Å². The Balaban J connectivity index is 2.06. The minimum absolute atomic E-state index is 0.0252. The molecule has 2 N–H and O–H groups in total. The zero-order valence-corrected chi connectivity index (χ0v) is 9.46. The van der Waals surface area contributed by atoms with E-state index in [-0.39, 0.29) is 29.6 Å². The second kappa shape index (κ2) is 3.68. The number of rotatable bonds is 2. The van der Waals surface area contributed by atoms with Crippen LogP contribution in [0, 0.1) is 17.2 Å². The van der Waals surface area contributed by atoms with Crippen LogP contribution in [0.4, 0.5) is 0 Å². The molecule has 6 nitrogen and oxygen atoms in total. The van der Waals surface area contributed by atoms with Gasteiger partial charge in [0.25, 0.3) is 0 Å². The normalized spacial score (nSPS) is 33.4. The van der Waals surface area contributed by atoms with Gasteiger partial charge in [-0.1, -0.05) is 0 Å². The molecular weight excluding hydrogens is 234 g/mol. The van der Waals surface area contributed by atoms with E-state index in [2.05, 4.69) is 5.32 Å². The van der Waals surface area contributed by atoms with Crippen molar-refractivity contribution in [1.82, 2.24) is 10.2 Å². The van der Waals surface area contributed by atoms with Crippen molar-refractivity contribution in [2.24, 2.45) is 5.92 Å². The Hall–Kier alpha value is -2.13. The van der Waals surface area contributed by atoms with E-state index in [9.17, 15) is 14.7 Å². The Morgan fingerprint density at radius 3 is 3.06 bits per heavy atom. The number of hydrogen-bond acceptors (Lipinski definition) is 4. The summed E-state index contributed by atoms with van der Waals surface area (Å²) in [6.07, 6.45) is 3.35. The number of β-lactam (4-membered cyclic amide) rings is 1. The average molecular weight is 245 g/mol. The van der Waals surface area contributed by atoms with E-state index in [4.69, 9.17) is 5.26 Å². The fourth-order valence-corrected chi connectivity index (χ4v) is 3.11. The number of aliphatic carboxylic acids is 1. The Kier molecular flexibility index (Phi) is 2.25. The summed E-state index contributed by atoms with van der Waals surface area (Å²) in [6.45, 7) is 0.717. The maximum absolute atomic E-state index is 11.9. The van der Waals surface area contributed by atoms with Gasteiger partial charge in [-0.3, -0.25) is 9.69 Å². The van der Waals surface area contributed by atoms with Gasteiger partial charge >= 0.3 is 5.97 Å². The van der Waals surface area contributed by atoms with E-state index in [1.807, 2.05) is 6.07 Å². The van der Waals surface area contributed by atoms with Crippen molar-refractivity contribution in [3.63, 3.8) is 0 Å². The highest BCUT2D eigenvalue weighted by Gasteiger charge is 2.59. The molecule has 6 heteroatoms. The van der Waals surface area contributed by atoms with E-state index in [1.54, 1.807) is 0 Å². The van der Waals surface area contributed by atoms with Crippen LogP contribution in [-0.2, 0) is 9.59 Å². The van der Waals surface area contributed by atoms with Crippen molar-refractivity contribution in [3.8, 4) is 6.07 Å². The highest BCUT2D eigenvalue weighted by molar-refractivity contribution is 6.01. The van der Waals surface area contributed by atoms with Crippen molar-refractivity contribution in [3.05, 3.63) is 23.4 Å². The van der Waals surface area contributed by atoms with Crippen LogP contribution in [0.5, 0.6) is 0 Å². The number of carbonyl (C=O) groups excluding carboxylic acids is 1. The molecule has 0 spiro atoms. The summed E-state index contributed by atoms with van der Waals surface area (Å²) in [5, 5.41) is 20.9. The lowest BCUT2D eigenvalue weighted by molar-refractivity contribution is -0.153. The van der Waals surface area contributed by atoms with Crippen LogP contribution in [0.1, 0.15) is 6.42 Å². The molecule has 0 radical (unpaired) electrons. The highest BCUT2D eigenvalue weighted by atomic mass is 16.4. The summed E-state index contributed by atoms with van der Waals surface area (Å²) in [5.74, 6) is -1.04. The summed E-state index contributed by atoms with van der Waals surface area (Å²) in [6, 6.07) is 1.60. The van der Waals surface area contributed by atoms with E-state index in [0.29, 0.717) is 18.5 Å². The van der Waals surface area contributed by atoms with Gasteiger partial charge < -0.3 is 10.4 Å². The van der Waals surface area contributed by atoms with E-state index < -0.39 is 5.97 Å². The zero-order valence-electron chi connectivity index (χ0n) is 9.46. The monoisotopic (exact) mass is 245 g/mol. The number of nitrogens with zero attached hydrogens (tertiary/aromatic N) is 2. The molecule has 0 aliphatic carbocycles. The third-order valence-corrected chi connectivity index (χ3v) is 3.81. The molecule has 3 heterocycles. The van der Waals surface area contributed by atoms with Crippen LogP contribution in [0.25, 0.3) is 0 Å². The number of nitriles is 1. The molecule has 0 aromatic rings.